The van der Waals surface area contributed by atoms with E-state index < -0.39 is 6.10 Å². The predicted molar refractivity (Wildman–Crippen MR) is 99.8 cm³/mol. The highest BCUT2D eigenvalue weighted by Crippen LogP contribution is 2.31. The lowest BCUT2D eigenvalue weighted by atomic mass is 10.3. The molecule has 1 amide bonds. The first-order chi connectivity index (χ1) is 11.4. The summed E-state index contributed by atoms with van der Waals surface area (Å²) in [7, 11) is 0. The number of aromatic nitrogens is 1. The predicted octanol–water partition coefficient (Wildman–Crippen LogP) is 5.66. The number of anilines is 1. The first-order valence-electron chi connectivity index (χ1n) is 6.91. The molecule has 0 bridgehead atoms. The van der Waals surface area contributed by atoms with E-state index in [4.69, 9.17) is 39.5 Å². The summed E-state index contributed by atoms with van der Waals surface area (Å²) in [5, 5.41) is 4.56. The van der Waals surface area contributed by atoms with Crippen LogP contribution in [-0.2, 0) is 4.79 Å². The summed E-state index contributed by atoms with van der Waals surface area (Å²) in [4.78, 5) is 16.6. The molecule has 24 heavy (non-hydrogen) atoms. The van der Waals surface area contributed by atoms with E-state index in [2.05, 4.69) is 10.3 Å². The zero-order valence-corrected chi connectivity index (χ0v) is 15.4. The number of hydrogen-bond acceptors (Lipinski definition) is 4. The average molecular weight is 402 g/mol. The topological polar surface area (TPSA) is 51.2 Å². The van der Waals surface area contributed by atoms with Crippen molar-refractivity contribution in [2.24, 2.45) is 0 Å². The molecular weight excluding hydrogens is 391 g/mol. The molecule has 0 radical (unpaired) electrons. The van der Waals surface area contributed by atoms with Gasteiger partial charge in [0.05, 0.1) is 14.7 Å². The number of thiazole rings is 1. The Bertz CT molecular complexity index is 913. The van der Waals surface area contributed by atoms with Crippen LogP contribution in [0.2, 0.25) is 15.1 Å². The van der Waals surface area contributed by atoms with Crippen molar-refractivity contribution in [2.45, 2.75) is 13.0 Å². The van der Waals surface area contributed by atoms with Gasteiger partial charge in [0.1, 0.15) is 11.3 Å². The summed E-state index contributed by atoms with van der Waals surface area (Å²) in [5.74, 6) is 0.0484. The Morgan fingerprint density at radius 1 is 1.21 bits per heavy atom. The first-order valence-corrected chi connectivity index (χ1v) is 8.86. The Morgan fingerprint density at radius 3 is 2.71 bits per heavy atom. The highest BCUT2D eigenvalue weighted by atomic mass is 35.5. The van der Waals surface area contributed by atoms with Crippen molar-refractivity contribution in [3.63, 3.8) is 0 Å². The van der Waals surface area contributed by atoms with Gasteiger partial charge in [0.2, 0.25) is 0 Å². The van der Waals surface area contributed by atoms with Crippen LogP contribution in [0.1, 0.15) is 6.92 Å². The minimum absolute atomic E-state index is 0.337. The number of para-hydroxylation sites is 1. The van der Waals surface area contributed by atoms with Crippen molar-refractivity contribution >= 4 is 67.4 Å². The van der Waals surface area contributed by atoms with E-state index in [-0.39, 0.29) is 5.91 Å². The van der Waals surface area contributed by atoms with E-state index in [0.29, 0.717) is 31.5 Å². The number of ether oxygens (including phenoxy) is 1. The van der Waals surface area contributed by atoms with Crippen LogP contribution in [0.3, 0.4) is 0 Å². The van der Waals surface area contributed by atoms with Gasteiger partial charge >= 0.3 is 0 Å². The van der Waals surface area contributed by atoms with Crippen LogP contribution in [0.5, 0.6) is 5.75 Å². The fourth-order valence-corrected chi connectivity index (χ4v) is 3.61. The zero-order valence-electron chi connectivity index (χ0n) is 12.3. The Balaban J connectivity index is 1.72. The van der Waals surface area contributed by atoms with Crippen LogP contribution in [0.15, 0.2) is 36.4 Å². The third kappa shape index (κ3) is 3.75. The van der Waals surface area contributed by atoms with Gasteiger partial charge < -0.3 is 4.74 Å². The number of nitrogens with one attached hydrogen (secondary N) is 1. The summed E-state index contributed by atoms with van der Waals surface area (Å²) in [6.45, 7) is 1.63. The van der Waals surface area contributed by atoms with Gasteiger partial charge in [-0.15, -0.1) is 0 Å². The van der Waals surface area contributed by atoms with Crippen LogP contribution >= 0.6 is 46.1 Å². The first kappa shape index (κ1) is 17.3. The molecule has 1 N–H and O–H groups in total. The van der Waals surface area contributed by atoms with E-state index in [1.54, 1.807) is 31.2 Å². The molecule has 3 aromatic rings. The van der Waals surface area contributed by atoms with Crippen molar-refractivity contribution in [3.05, 3.63) is 51.5 Å². The van der Waals surface area contributed by atoms with E-state index in [1.165, 1.54) is 11.3 Å². The average Bonchev–Trinajstić information content (AvgIpc) is 2.94. The lowest BCUT2D eigenvalue weighted by Gasteiger charge is -2.14. The molecule has 1 aromatic heterocycles. The molecule has 124 valence electrons. The smallest absolute Gasteiger partial charge is 0.266 e. The molecule has 3 rings (SSSR count). The largest absolute Gasteiger partial charge is 0.479 e. The quantitative estimate of drug-likeness (QED) is 0.613. The fraction of sp³-hybridized carbons (Fsp3) is 0.125. The number of halogens is 3. The molecule has 0 spiro atoms. The highest BCUT2D eigenvalue weighted by molar-refractivity contribution is 7.22. The van der Waals surface area contributed by atoms with Crippen molar-refractivity contribution in [1.29, 1.82) is 0 Å². The third-order valence-corrected chi connectivity index (χ3v) is 4.94. The number of carbonyl (C=O) groups excluding carboxylic acids is 1. The Kier molecular flexibility index (Phi) is 5.15. The van der Waals surface area contributed by atoms with Crippen molar-refractivity contribution in [1.82, 2.24) is 4.98 Å². The summed E-state index contributed by atoms with van der Waals surface area (Å²) in [5.41, 5.74) is 0.661. The molecule has 1 unspecified atom stereocenters. The maximum atomic E-state index is 12.3. The summed E-state index contributed by atoms with van der Waals surface area (Å²) >= 11 is 19.3. The molecule has 0 saturated carbocycles. The van der Waals surface area contributed by atoms with Crippen molar-refractivity contribution in [3.8, 4) is 5.75 Å². The van der Waals surface area contributed by atoms with Gasteiger partial charge in [0.15, 0.2) is 11.2 Å². The molecule has 8 heteroatoms. The molecule has 0 saturated heterocycles. The number of nitrogens with zero attached hydrogens (tertiary/aromatic N) is 1. The van der Waals surface area contributed by atoms with Crippen LogP contribution in [0, 0.1) is 0 Å². The normalized spacial score (nSPS) is 12.2. The monoisotopic (exact) mass is 400 g/mol. The molecule has 4 nitrogen and oxygen atoms in total. The van der Waals surface area contributed by atoms with E-state index >= 15 is 0 Å². The SMILES string of the molecule is CC(Oc1ccc(Cl)cc1Cl)C(=O)Nc1nc2c(Cl)cccc2s1. The van der Waals surface area contributed by atoms with Crippen LogP contribution < -0.4 is 10.1 Å². The van der Waals surface area contributed by atoms with E-state index in [0.717, 1.165) is 4.70 Å². The van der Waals surface area contributed by atoms with E-state index in [1.807, 2.05) is 12.1 Å². The Morgan fingerprint density at radius 2 is 2.00 bits per heavy atom. The van der Waals surface area contributed by atoms with Crippen LogP contribution in [-0.4, -0.2) is 17.0 Å². The van der Waals surface area contributed by atoms with Crippen LogP contribution in [0.25, 0.3) is 10.2 Å². The number of rotatable bonds is 4. The molecule has 1 atom stereocenters. The molecular formula is C16H11Cl3N2O2S. The molecule has 0 aliphatic carbocycles. The lowest BCUT2D eigenvalue weighted by Crippen LogP contribution is -2.30. The minimum Gasteiger partial charge on any atom is -0.479 e. The molecule has 0 aliphatic rings. The third-order valence-electron chi connectivity index (χ3n) is 3.17. The molecule has 0 fully saturated rings. The van der Waals surface area contributed by atoms with Crippen molar-refractivity contribution < 1.29 is 9.53 Å². The van der Waals surface area contributed by atoms with Crippen molar-refractivity contribution in [2.75, 3.05) is 5.32 Å². The second kappa shape index (κ2) is 7.15. The van der Waals surface area contributed by atoms with Gasteiger partial charge in [-0.2, -0.15) is 0 Å². The van der Waals surface area contributed by atoms with Gasteiger partial charge in [0, 0.05) is 5.02 Å². The fourth-order valence-electron chi connectivity index (χ4n) is 1.99. The number of benzene rings is 2. The van der Waals surface area contributed by atoms with Crippen LogP contribution in [0.4, 0.5) is 5.13 Å². The Labute approximate surface area is 157 Å². The second-order valence-electron chi connectivity index (χ2n) is 4.93. The molecule has 0 aliphatic heterocycles. The summed E-state index contributed by atoms with van der Waals surface area (Å²) < 4.78 is 6.48. The highest BCUT2D eigenvalue weighted by Gasteiger charge is 2.18. The van der Waals surface area contributed by atoms with E-state index in [9.17, 15) is 4.79 Å². The number of carbonyl (C=O) groups is 1. The lowest BCUT2D eigenvalue weighted by molar-refractivity contribution is -0.122. The standard InChI is InChI=1S/C16H11Cl3N2O2S/c1-8(23-12-6-5-9(17)7-11(12)19)15(22)21-16-20-14-10(18)3-2-4-13(14)24-16/h2-8H,1H3,(H,20,21,22). The Hall–Kier alpha value is -1.53. The maximum absolute atomic E-state index is 12.3. The number of fused-ring (bicyclic) bond motifs is 1. The second-order valence-corrected chi connectivity index (χ2v) is 7.21. The maximum Gasteiger partial charge on any atom is 0.266 e. The molecule has 2 aromatic carbocycles. The number of hydrogen-bond donors (Lipinski definition) is 1. The van der Waals surface area contributed by atoms with Gasteiger partial charge in [-0.1, -0.05) is 52.2 Å². The van der Waals surface area contributed by atoms with Gasteiger partial charge in [-0.25, -0.2) is 4.98 Å². The minimum atomic E-state index is -0.758. The number of amides is 1. The molecule has 1 heterocycles. The zero-order chi connectivity index (χ0) is 17.3. The van der Waals surface area contributed by atoms with Gasteiger partial charge in [-0.3, -0.25) is 10.1 Å². The van der Waals surface area contributed by atoms with Gasteiger partial charge in [0.25, 0.3) is 5.91 Å². The summed E-state index contributed by atoms with van der Waals surface area (Å²) in [6.07, 6.45) is -0.758. The summed E-state index contributed by atoms with van der Waals surface area (Å²) in [6, 6.07) is 10.3. The van der Waals surface area contributed by atoms with Gasteiger partial charge in [-0.05, 0) is 37.3 Å².